The van der Waals surface area contributed by atoms with Crippen molar-refractivity contribution >= 4 is 0 Å². The molecule has 2 heteroatoms. The average Bonchev–Trinajstić information content (AvgIpc) is 2.05. The van der Waals surface area contributed by atoms with E-state index in [1.165, 1.54) is 0 Å². The Balaban J connectivity index is 2.41. The highest BCUT2D eigenvalue weighted by Gasteiger charge is 2.08. The van der Waals surface area contributed by atoms with Gasteiger partial charge in [0, 0.05) is 12.0 Å². The Hall–Kier alpha value is -1.02. The first-order valence-electron chi connectivity index (χ1n) is 3.06. The Bertz CT molecular complexity index is 209. The highest BCUT2D eigenvalue weighted by Crippen LogP contribution is 2.21. The molecule has 1 aliphatic heterocycles. The van der Waals surface area contributed by atoms with Crippen molar-refractivity contribution in [2.24, 2.45) is 0 Å². The van der Waals surface area contributed by atoms with E-state index >= 15 is 0 Å². The molecule has 2 rings (SSSR count). The number of benzene rings is 1. The zero-order valence-electron chi connectivity index (χ0n) is 5.29. The van der Waals surface area contributed by atoms with Gasteiger partial charge >= 0.3 is 0 Å². The second-order valence-electron chi connectivity index (χ2n) is 2.03. The van der Waals surface area contributed by atoms with Crippen LogP contribution in [0.15, 0.2) is 24.3 Å². The molecular formula is C8H6NO. The quantitative estimate of drug-likeness (QED) is 0.572. The third kappa shape index (κ3) is 0.866. The molecule has 0 atom stereocenters. The molecule has 0 amide bonds. The maximum atomic E-state index is 5.03. The largest absolute Gasteiger partial charge is 0.408 e. The maximum Gasteiger partial charge on any atom is 0.150 e. The molecule has 1 N–H and O–H groups in total. The van der Waals surface area contributed by atoms with Crippen molar-refractivity contribution in [1.29, 1.82) is 0 Å². The van der Waals surface area contributed by atoms with Crippen LogP contribution < -0.4 is 10.3 Å². The number of hydrogen-bond donors (Lipinski definition) is 1. The minimum absolute atomic E-state index is 0.848. The van der Waals surface area contributed by atoms with Crippen molar-refractivity contribution in [3.8, 4) is 5.75 Å². The van der Waals surface area contributed by atoms with Crippen LogP contribution in [0.3, 0.4) is 0 Å². The zero-order valence-corrected chi connectivity index (χ0v) is 5.29. The standard InChI is InChI=1S/C8H6NO/c1-2-4-8-7(3-1)5-6-9-10-8/h1-5,9H. The van der Waals surface area contributed by atoms with Crippen LogP contribution in [0.25, 0.3) is 0 Å². The van der Waals surface area contributed by atoms with E-state index in [0.29, 0.717) is 0 Å². The Morgan fingerprint density at radius 2 is 2.20 bits per heavy atom. The fraction of sp³-hybridized carbons (Fsp3) is 0. The van der Waals surface area contributed by atoms with E-state index in [2.05, 4.69) is 12.0 Å². The fourth-order valence-corrected chi connectivity index (χ4v) is 0.884. The van der Waals surface area contributed by atoms with Crippen molar-refractivity contribution < 1.29 is 4.84 Å². The summed E-state index contributed by atoms with van der Waals surface area (Å²) >= 11 is 0. The highest BCUT2D eigenvalue weighted by atomic mass is 16.6. The third-order valence-corrected chi connectivity index (χ3v) is 1.37. The molecule has 0 spiro atoms. The van der Waals surface area contributed by atoms with E-state index in [1.54, 1.807) is 0 Å². The van der Waals surface area contributed by atoms with Gasteiger partial charge in [0.2, 0.25) is 0 Å². The fourth-order valence-electron chi connectivity index (χ4n) is 0.884. The van der Waals surface area contributed by atoms with Crippen LogP contribution in [-0.2, 0) is 0 Å². The second-order valence-corrected chi connectivity index (χ2v) is 2.03. The van der Waals surface area contributed by atoms with Gasteiger partial charge in [0.05, 0.1) is 0 Å². The van der Waals surface area contributed by atoms with Crippen molar-refractivity contribution in [1.82, 2.24) is 5.48 Å². The summed E-state index contributed by atoms with van der Waals surface area (Å²) in [5, 5.41) is 0. The molecule has 0 bridgehead atoms. The highest BCUT2D eigenvalue weighted by molar-refractivity contribution is 5.41. The molecule has 1 aromatic carbocycles. The van der Waals surface area contributed by atoms with Crippen LogP contribution in [-0.4, -0.2) is 0 Å². The number of nitrogens with one attached hydrogen (secondary N) is 1. The van der Waals surface area contributed by atoms with Crippen molar-refractivity contribution in [2.45, 2.75) is 0 Å². The Morgan fingerprint density at radius 1 is 1.30 bits per heavy atom. The van der Waals surface area contributed by atoms with Crippen molar-refractivity contribution in [2.75, 3.05) is 0 Å². The van der Waals surface area contributed by atoms with Gasteiger partial charge in [-0.25, -0.2) is 0 Å². The minimum atomic E-state index is 0.848. The van der Waals surface area contributed by atoms with Crippen LogP contribution in [0, 0.1) is 13.0 Å². The van der Waals surface area contributed by atoms with Gasteiger partial charge in [0.1, 0.15) is 6.54 Å². The van der Waals surface area contributed by atoms with Gasteiger partial charge in [-0.1, -0.05) is 18.2 Å². The van der Waals surface area contributed by atoms with Gasteiger partial charge in [-0.3, -0.25) is 0 Å². The molecule has 0 aliphatic carbocycles. The molecule has 0 unspecified atom stereocenters. The molecule has 49 valence electrons. The van der Waals surface area contributed by atoms with Gasteiger partial charge in [-0.05, 0) is 6.07 Å². The molecule has 10 heavy (non-hydrogen) atoms. The van der Waals surface area contributed by atoms with E-state index in [9.17, 15) is 0 Å². The molecule has 1 aliphatic rings. The summed E-state index contributed by atoms with van der Waals surface area (Å²) in [4.78, 5) is 5.03. The Kier molecular flexibility index (Phi) is 1.32. The summed E-state index contributed by atoms with van der Waals surface area (Å²) in [5.74, 6) is 0.848. The Morgan fingerprint density at radius 3 is 3.10 bits per heavy atom. The molecule has 3 radical (unpaired) electrons. The van der Waals surface area contributed by atoms with Crippen LogP contribution in [0.5, 0.6) is 5.75 Å². The summed E-state index contributed by atoms with van der Waals surface area (Å²) in [6, 6.07) is 7.77. The molecule has 0 saturated heterocycles. The van der Waals surface area contributed by atoms with Crippen molar-refractivity contribution in [3.63, 3.8) is 0 Å². The topological polar surface area (TPSA) is 21.3 Å². The number of para-hydroxylation sites is 1. The predicted octanol–water partition coefficient (Wildman–Crippen LogP) is 1.17. The molecule has 0 aromatic heterocycles. The van der Waals surface area contributed by atoms with Crippen LogP contribution in [0.1, 0.15) is 5.56 Å². The summed E-state index contributed by atoms with van der Waals surface area (Å²) in [6.45, 7) is 2.74. The third-order valence-electron chi connectivity index (χ3n) is 1.37. The van der Waals surface area contributed by atoms with Gasteiger partial charge in [0.15, 0.2) is 5.75 Å². The average molecular weight is 132 g/mol. The molecule has 1 heterocycles. The van der Waals surface area contributed by atoms with Gasteiger partial charge in [-0.2, -0.15) is 0 Å². The van der Waals surface area contributed by atoms with E-state index in [1.807, 2.05) is 30.7 Å². The monoisotopic (exact) mass is 132 g/mol. The summed E-state index contributed by atoms with van der Waals surface area (Å²) in [6.07, 6.45) is 1.85. The van der Waals surface area contributed by atoms with Gasteiger partial charge in [0.25, 0.3) is 0 Å². The molecule has 0 saturated carbocycles. The van der Waals surface area contributed by atoms with E-state index < -0.39 is 0 Å². The second kappa shape index (κ2) is 2.31. The van der Waals surface area contributed by atoms with Crippen LogP contribution >= 0.6 is 0 Å². The first kappa shape index (κ1) is 5.74. The lowest BCUT2D eigenvalue weighted by Gasteiger charge is -2.14. The van der Waals surface area contributed by atoms with Crippen LogP contribution in [0.4, 0.5) is 0 Å². The number of fused-ring (bicyclic) bond motifs is 1. The van der Waals surface area contributed by atoms with E-state index in [-0.39, 0.29) is 0 Å². The zero-order chi connectivity index (χ0) is 6.81. The van der Waals surface area contributed by atoms with Crippen molar-refractivity contribution in [3.05, 3.63) is 42.8 Å². The summed E-state index contributed by atoms with van der Waals surface area (Å²) < 4.78 is 0. The Labute approximate surface area is 59.8 Å². The number of hydrogen-bond acceptors (Lipinski definition) is 2. The molecule has 0 fully saturated rings. The number of hydroxylamine groups is 1. The summed E-state index contributed by atoms with van der Waals surface area (Å²) in [5.41, 5.74) is 3.59. The molecule has 1 aromatic rings. The SMILES string of the molecule is [C]1[CH]c2ccccc2ON1. The lowest BCUT2D eigenvalue weighted by molar-refractivity contribution is 0.217. The first-order valence-corrected chi connectivity index (χ1v) is 3.06. The van der Waals surface area contributed by atoms with Gasteiger partial charge < -0.3 is 4.84 Å². The predicted molar refractivity (Wildman–Crippen MR) is 36.9 cm³/mol. The van der Waals surface area contributed by atoms with Crippen LogP contribution in [0.2, 0.25) is 0 Å². The van der Waals surface area contributed by atoms with E-state index in [0.717, 1.165) is 11.3 Å². The summed E-state index contributed by atoms with van der Waals surface area (Å²) in [7, 11) is 0. The normalized spacial score (nSPS) is 15.6. The molecular weight excluding hydrogens is 126 g/mol. The maximum absolute atomic E-state index is 5.03. The molecule has 2 nitrogen and oxygen atoms in total. The van der Waals surface area contributed by atoms with Gasteiger partial charge in [-0.15, -0.1) is 5.48 Å². The van der Waals surface area contributed by atoms with E-state index in [4.69, 9.17) is 4.84 Å². The lowest BCUT2D eigenvalue weighted by atomic mass is 10.1. The first-order chi connectivity index (χ1) is 4.97. The smallest absolute Gasteiger partial charge is 0.150 e. The lowest BCUT2D eigenvalue weighted by Crippen LogP contribution is -2.20. The number of rotatable bonds is 0. The minimum Gasteiger partial charge on any atom is -0.408 e.